The minimum atomic E-state index is -3.38. The highest BCUT2D eigenvalue weighted by molar-refractivity contribution is 5.88. The predicted octanol–water partition coefficient (Wildman–Crippen LogP) is 9.71. The van der Waals surface area contributed by atoms with E-state index in [2.05, 4.69) is 29.9 Å². The topological polar surface area (TPSA) is 9.23 Å². The molecule has 0 aliphatic carbocycles. The second kappa shape index (κ2) is 11.5. The standard InChI is InChI=1S/C30H27F5O/c1-2-3-4-5-6-7-19-8-9-21-15-22(11-10-20(21)14-19)23-12-13-25(26(31)16-23)24-17-27(32)29(28(33)18-24)36-30(34)35/h8-18,30H,2-7H2,1H3. The zero-order valence-electron chi connectivity index (χ0n) is 20.0. The minimum absolute atomic E-state index is 0.0514. The molecule has 0 aliphatic heterocycles. The molecule has 1 nitrogen and oxygen atoms in total. The van der Waals surface area contributed by atoms with Crippen molar-refractivity contribution in [3.63, 3.8) is 0 Å². The highest BCUT2D eigenvalue weighted by Crippen LogP contribution is 2.34. The van der Waals surface area contributed by atoms with Crippen LogP contribution < -0.4 is 4.74 Å². The lowest BCUT2D eigenvalue weighted by molar-refractivity contribution is -0.0546. The third-order valence-corrected chi connectivity index (χ3v) is 6.29. The van der Waals surface area contributed by atoms with E-state index in [-0.39, 0.29) is 11.1 Å². The van der Waals surface area contributed by atoms with Gasteiger partial charge in [-0.15, -0.1) is 0 Å². The smallest absolute Gasteiger partial charge is 0.387 e. The van der Waals surface area contributed by atoms with Crippen LogP contribution in [-0.2, 0) is 6.42 Å². The summed E-state index contributed by atoms with van der Waals surface area (Å²) in [6.07, 6.45) is 7.23. The van der Waals surface area contributed by atoms with Gasteiger partial charge >= 0.3 is 6.61 Å². The van der Waals surface area contributed by atoms with Crippen LogP contribution in [0.3, 0.4) is 0 Å². The second-order valence-electron chi connectivity index (χ2n) is 8.90. The molecule has 0 amide bonds. The summed E-state index contributed by atoms with van der Waals surface area (Å²) in [5.41, 5.74) is 2.54. The molecule has 0 unspecified atom stereocenters. The fraction of sp³-hybridized carbons (Fsp3) is 0.267. The van der Waals surface area contributed by atoms with Crippen LogP contribution in [0, 0.1) is 17.5 Å². The first-order valence-electron chi connectivity index (χ1n) is 12.1. The maximum atomic E-state index is 15.0. The largest absolute Gasteiger partial charge is 0.429 e. The Hall–Kier alpha value is -3.41. The van der Waals surface area contributed by atoms with E-state index in [9.17, 15) is 22.0 Å². The molecule has 188 valence electrons. The molecule has 0 radical (unpaired) electrons. The van der Waals surface area contributed by atoms with E-state index in [0.717, 1.165) is 34.9 Å². The quantitative estimate of drug-likeness (QED) is 0.156. The summed E-state index contributed by atoms with van der Waals surface area (Å²) in [6.45, 7) is -1.17. The summed E-state index contributed by atoms with van der Waals surface area (Å²) < 4.78 is 71.8. The normalized spacial score (nSPS) is 11.4. The molecule has 4 rings (SSSR count). The summed E-state index contributed by atoms with van der Waals surface area (Å²) in [6, 6.07) is 18.2. The van der Waals surface area contributed by atoms with Crippen LogP contribution in [-0.4, -0.2) is 6.61 Å². The van der Waals surface area contributed by atoms with Gasteiger partial charge in [0.25, 0.3) is 0 Å². The minimum Gasteiger partial charge on any atom is -0.429 e. The Morgan fingerprint density at radius 1 is 0.639 bits per heavy atom. The van der Waals surface area contributed by atoms with Crippen molar-refractivity contribution in [1.29, 1.82) is 0 Å². The third-order valence-electron chi connectivity index (χ3n) is 6.29. The molecule has 0 fully saturated rings. The summed E-state index contributed by atoms with van der Waals surface area (Å²) >= 11 is 0. The second-order valence-corrected chi connectivity index (χ2v) is 8.90. The highest BCUT2D eigenvalue weighted by Gasteiger charge is 2.19. The number of halogens is 5. The lowest BCUT2D eigenvalue weighted by Crippen LogP contribution is -2.06. The lowest BCUT2D eigenvalue weighted by atomic mass is 9.96. The molecule has 0 aliphatic rings. The van der Waals surface area contributed by atoms with E-state index < -0.39 is 29.8 Å². The van der Waals surface area contributed by atoms with Crippen LogP contribution >= 0.6 is 0 Å². The SMILES string of the molecule is CCCCCCCc1ccc2cc(-c3ccc(-c4cc(F)c(OC(F)F)c(F)c4)c(F)c3)ccc2c1. The van der Waals surface area contributed by atoms with Crippen LogP contribution in [0.4, 0.5) is 22.0 Å². The Bertz CT molecular complexity index is 1330. The Kier molecular flexibility index (Phi) is 8.24. The summed E-state index contributed by atoms with van der Waals surface area (Å²) in [5, 5.41) is 2.14. The highest BCUT2D eigenvalue weighted by atomic mass is 19.3. The molecular formula is C30H27F5O. The monoisotopic (exact) mass is 498 g/mol. The van der Waals surface area contributed by atoms with Gasteiger partial charge < -0.3 is 4.74 Å². The van der Waals surface area contributed by atoms with E-state index in [0.29, 0.717) is 5.56 Å². The molecule has 0 aromatic heterocycles. The molecular weight excluding hydrogens is 471 g/mol. The van der Waals surface area contributed by atoms with Gasteiger partial charge in [0.15, 0.2) is 17.4 Å². The zero-order chi connectivity index (χ0) is 25.7. The molecule has 0 atom stereocenters. The number of ether oxygens (including phenoxy) is 1. The average Bonchev–Trinajstić information content (AvgIpc) is 2.85. The van der Waals surface area contributed by atoms with Gasteiger partial charge in [-0.2, -0.15) is 8.78 Å². The van der Waals surface area contributed by atoms with Gasteiger partial charge in [-0.3, -0.25) is 0 Å². The maximum absolute atomic E-state index is 15.0. The number of rotatable bonds is 10. The van der Waals surface area contributed by atoms with E-state index in [1.807, 2.05) is 18.2 Å². The zero-order valence-corrected chi connectivity index (χ0v) is 20.0. The van der Waals surface area contributed by atoms with Crippen molar-refractivity contribution in [3.05, 3.63) is 89.7 Å². The van der Waals surface area contributed by atoms with E-state index >= 15 is 0 Å². The van der Waals surface area contributed by atoms with Crippen molar-refractivity contribution in [2.24, 2.45) is 0 Å². The number of hydrogen-bond donors (Lipinski definition) is 0. The fourth-order valence-corrected chi connectivity index (χ4v) is 4.41. The van der Waals surface area contributed by atoms with Crippen LogP contribution in [0.15, 0.2) is 66.7 Å². The van der Waals surface area contributed by atoms with Gasteiger partial charge in [0, 0.05) is 5.56 Å². The van der Waals surface area contributed by atoms with Crippen LogP contribution in [0.2, 0.25) is 0 Å². The molecule has 0 N–H and O–H groups in total. The Balaban J connectivity index is 1.54. The number of aryl methyl sites for hydroxylation is 1. The first-order chi connectivity index (χ1) is 17.4. The molecule has 36 heavy (non-hydrogen) atoms. The Morgan fingerprint density at radius 2 is 1.25 bits per heavy atom. The van der Waals surface area contributed by atoms with Gasteiger partial charge in [-0.05, 0) is 70.1 Å². The fourth-order valence-electron chi connectivity index (χ4n) is 4.41. The van der Waals surface area contributed by atoms with Crippen molar-refractivity contribution in [1.82, 2.24) is 0 Å². The van der Waals surface area contributed by atoms with Crippen molar-refractivity contribution in [2.75, 3.05) is 0 Å². The maximum Gasteiger partial charge on any atom is 0.387 e. The molecule has 0 bridgehead atoms. The number of fused-ring (bicyclic) bond motifs is 1. The van der Waals surface area contributed by atoms with Gasteiger partial charge in [-0.1, -0.05) is 75.1 Å². The summed E-state index contributed by atoms with van der Waals surface area (Å²) in [5.74, 6) is -4.54. The molecule has 4 aromatic carbocycles. The first kappa shape index (κ1) is 25.7. The summed E-state index contributed by atoms with van der Waals surface area (Å²) in [4.78, 5) is 0. The summed E-state index contributed by atoms with van der Waals surface area (Å²) in [7, 11) is 0. The molecule has 6 heteroatoms. The van der Waals surface area contributed by atoms with E-state index in [4.69, 9.17) is 0 Å². The molecule has 0 saturated carbocycles. The number of hydrogen-bond acceptors (Lipinski definition) is 1. The van der Waals surface area contributed by atoms with Gasteiger partial charge in [0.1, 0.15) is 5.82 Å². The average molecular weight is 499 g/mol. The molecule has 0 heterocycles. The first-order valence-corrected chi connectivity index (χ1v) is 12.1. The van der Waals surface area contributed by atoms with Crippen molar-refractivity contribution in [3.8, 4) is 28.0 Å². The van der Waals surface area contributed by atoms with Gasteiger partial charge in [0.2, 0.25) is 0 Å². The van der Waals surface area contributed by atoms with Crippen molar-refractivity contribution >= 4 is 10.8 Å². The molecule has 0 spiro atoms. The molecule has 0 saturated heterocycles. The van der Waals surface area contributed by atoms with E-state index in [1.165, 1.54) is 49.8 Å². The van der Waals surface area contributed by atoms with Crippen LogP contribution in [0.1, 0.15) is 44.6 Å². The van der Waals surface area contributed by atoms with Crippen LogP contribution in [0.25, 0.3) is 33.0 Å². The third kappa shape index (κ3) is 6.04. The Labute approximate surface area is 207 Å². The predicted molar refractivity (Wildman–Crippen MR) is 134 cm³/mol. The van der Waals surface area contributed by atoms with Gasteiger partial charge in [0.05, 0.1) is 0 Å². The number of unbranched alkanes of at least 4 members (excludes halogenated alkanes) is 4. The van der Waals surface area contributed by atoms with E-state index in [1.54, 1.807) is 6.07 Å². The lowest BCUT2D eigenvalue weighted by Gasteiger charge is -2.11. The number of alkyl halides is 2. The van der Waals surface area contributed by atoms with Crippen molar-refractivity contribution < 1.29 is 26.7 Å². The molecule has 4 aromatic rings. The van der Waals surface area contributed by atoms with Crippen molar-refractivity contribution in [2.45, 2.75) is 52.1 Å². The van der Waals surface area contributed by atoms with Crippen LogP contribution in [0.5, 0.6) is 5.75 Å². The Morgan fingerprint density at radius 3 is 1.94 bits per heavy atom. The number of benzene rings is 4. The van der Waals surface area contributed by atoms with Gasteiger partial charge in [-0.25, -0.2) is 13.2 Å².